The Labute approximate surface area is 171 Å². The van der Waals surface area contributed by atoms with E-state index in [1.807, 2.05) is 23.1 Å². The van der Waals surface area contributed by atoms with Crippen LogP contribution < -0.4 is 0 Å². The van der Waals surface area contributed by atoms with E-state index in [1.165, 1.54) is 7.11 Å². The first-order valence-corrected chi connectivity index (χ1v) is 10.1. The molecule has 1 saturated heterocycles. The summed E-state index contributed by atoms with van der Waals surface area (Å²) in [5.41, 5.74) is 0.920. The molecule has 0 bridgehead atoms. The number of ether oxygens (including phenoxy) is 2. The van der Waals surface area contributed by atoms with Crippen molar-refractivity contribution in [2.75, 3.05) is 26.9 Å². The second-order valence-corrected chi connectivity index (χ2v) is 7.44. The molecule has 154 valence electrons. The number of benzene rings is 1. The third-order valence-corrected chi connectivity index (χ3v) is 5.12. The van der Waals surface area contributed by atoms with Gasteiger partial charge in [-0.2, -0.15) is 0 Å². The third kappa shape index (κ3) is 7.60. The van der Waals surface area contributed by atoms with Crippen LogP contribution in [0.4, 0.5) is 0 Å². The van der Waals surface area contributed by atoms with E-state index in [0.29, 0.717) is 43.9 Å². The molecule has 1 atom stereocenters. The molecule has 6 nitrogen and oxygen atoms in total. The highest BCUT2D eigenvalue weighted by molar-refractivity contribution is 6.30. The predicted molar refractivity (Wildman–Crippen MR) is 106 cm³/mol. The molecule has 0 aromatic heterocycles. The summed E-state index contributed by atoms with van der Waals surface area (Å²) in [5.74, 6) is -0.0715. The number of rotatable bonds is 12. The molecule has 0 aliphatic carbocycles. The Hall–Kier alpha value is -1.92. The topological polar surface area (TPSA) is 72.9 Å². The Morgan fingerprint density at radius 3 is 2.86 bits per heavy atom. The molecule has 2 rings (SSSR count). The van der Waals surface area contributed by atoms with Gasteiger partial charge < -0.3 is 14.4 Å². The molecule has 7 heteroatoms. The number of hydrogen-bond donors (Lipinski definition) is 0. The van der Waals surface area contributed by atoms with Crippen LogP contribution in [0, 0.1) is 0 Å². The van der Waals surface area contributed by atoms with E-state index in [9.17, 15) is 14.4 Å². The summed E-state index contributed by atoms with van der Waals surface area (Å²) in [5, 5.41) is 0.633. The molecular weight excluding hydrogens is 382 g/mol. The van der Waals surface area contributed by atoms with Crippen molar-refractivity contribution in [3.8, 4) is 0 Å². The first kappa shape index (κ1) is 22.4. The van der Waals surface area contributed by atoms with Gasteiger partial charge in [0.05, 0.1) is 7.11 Å². The zero-order valence-corrected chi connectivity index (χ0v) is 17.1. The van der Waals surface area contributed by atoms with E-state index >= 15 is 0 Å². The maximum Gasteiger partial charge on any atom is 0.331 e. The van der Waals surface area contributed by atoms with Crippen molar-refractivity contribution in [2.24, 2.45) is 0 Å². The van der Waals surface area contributed by atoms with Crippen molar-refractivity contribution in [1.29, 1.82) is 0 Å². The molecular formula is C21H28ClNO5. The van der Waals surface area contributed by atoms with Crippen molar-refractivity contribution >= 4 is 29.3 Å². The number of ketones is 1. The molecule has 0 N–H and O–H groups in total. The van der Waals surface area contributed by atoms with Gasteiger partial charge in [0.1, 0.15) is 12.4 Å². The van der Waals surface area contributed by atoms with Gasteiger partial charge in [0.25, 0.3) is 0 Å². The number of amides is 1. The minimum atomic E-state index is -0.391. The lowest BCUT2D eigenvalue weighted by atomic mass is 10.0. The van der Waals surface area contributed by atoms with Crippen LogP contribution in [0.15, 0.2) is 24.3 Å². The summed E-state index contributed by atoms with van der Waals surface area (Å²) in [6.07, 6.45) is 4.46. The van der Waals surface area contributed by atoms with Gasteiger partial charge in [0.2, 0.25) is 5.91 Å². The molecule has 1 amide bonds. The first-order chi connectivity index (χ1) is 13.5. The number of esters is 1. The number of nitrogens with zero attached hydrogens (tertiary/aromatic N) is 1. The fraction of sp³-hybridized carbons (Fsp3) is 0.571. The number of Topliss-reactive ketones (excluding diaryl/α,β-unsaturated/α-hetero) is 1. The zero-order chi connectivity index (χ0) is 20.4. The molecule has 0 saturated carbocycles. The van der Waals surface area contributed by atoms with Gasteiger partial charge in [0.15, 0.2) is 0 Å². The fourth-order valence-electron chi connectivity index (χ4n) is 3.39. The third-order valence-electron chi connectivity index (χ3n) is 4.88. The van der Waals surface area contributed by atoms with E-state index in [2.05, 4.69) is 4.74 Å². The van der Waals surface area contributed by atoms with Gasteiger partial charge >= 0.3 is 5.97 Å². The number of unbranched alkanes of at least 4 members (excludes halogenated alkanes) is 1. The maximum atomic E-state index is 12.3. The number of hydrogen-bond acceptors (Lipinski definition) is 5. The lowest BCUT2D eigenvalue weighted by Gasteiger charge is -2.24. The lowest BCUT2D eigenvalue weighted by Crippen LogP contribution is -2.34. The van der Waals surface area contributed by atoms with Crippen LogP contribution in [0.25, 0.3) is 0 Å². The molecule has 1 fully saturated rings. The summed E-state index contributed by atoms with van der Waals surface area (Å²) in [4.78, 5) is 37.3. The van der Waals surface area contributed by atoms with Crippen molar-refractivity contribution in [3.63, 3.8) is 0 Å². The SMILES string of the molecule is COC(=O)COCCCCN1C(=O)CCC1CCC(=O)Cc1cccc(Cl)c1. The summed E-state index contributed by atoms with van der Waals surface area (Å²) in [6, 6.07) is 7.48. The highest BCUT2D eigenvalue weighted by Gasteiger charge is 2.30. The molecule has 1 heterocycles. The van der Waals surface area contributed by atoms with Crippen LogP contribution in [0.5, 0.6) is 0 Å². The van der Waals surface area contributed by atoms with Crippen molar-refractivity contribution in [3.05, 3.63) is 34.9 Å². The summed E-state index contributed by atoms with van der Waals surface area (Å²) < 4.78 is 9.72. The largest absolute Gasteiger partial charge is 0.467 e. The van der Waals surface area contributed by atoms with E-state index in [1.54, 1.807) is 6.07 Å². The van der Waals surface area contributed by atoms with Gasteiger partial charge in [0, 0.05) is 43.5 Å². The molecule has 1 aliphatic heterocycles. The van der Waals surface area contributed by atoms with Crippen LogP contribution in [0.3, 0.4) is 0 Å². The summed E-state index contributed by atoms with van der Waals surface area (Å²) in [7, 11) is 1.32. The molecule has 1 aromatic rings. The van der Waals surface area contributed by atoms with Gasteiger partial charge in [-0.25, -0.2) is 4.79 Å². The fourth-order valence-corrected chi connectivity index (χ4v) is 3.60. The van der Waals surface area contributed by atoms with Gasteiger partial charge in [-0.3, -0.25) is 9.59 Å². The van der Waals surface area contributed by atoms with E-state index in [0.717, 1.165) is 24.8 Å². The summed E-state index contributed by atoms with van der Waals surface area (Å²) in [6.45, 7) is 1.07. The molecule has 1 aliphatic rings. The van der Waals surface area contributed by atoms with Gasteiger partial charge in [-0.15, -0.1) is 0 Å². The van der Waals surface area contributed by atoms with Crippen molar-refractivity contribution in [1.82, 2.24) is 4.90 Å². The van der Waals surface area contributed by atoms with E-state index < -0.39 is 5.97 Å². The van der Waals surface area contributed by atoms with Gasteiger partial charge in [-0.1, -0.05) is 23.7 Å². The van der Waals surface area contributed by atoms with E-state index in [-0.39, 0.29) is 24.3 Å². The Kier molecular flexibility index (Phi) is 9.44. The molecule has 1 aromatic carbocycles. The maximum absolute atomic E-state index is 12.3. The Morgan fingerprint density at radius 1 is 1.29 bits per heavy atom. The normalized spacial score (nSPS) is 16.4. The number of methoxy groups -OCH3 is 1. The number of carbonyl (C=O) groups excluding carboxylic acids is 3. The van der Waals surface area contributed by atoms with Crippen molar-refractivity contribution < 1.29 is 23.9 Å². The molecule has 0 spiro atoms. The highest BCUT2D eigenvalue weighted by atomic mass is 35.5. The van der Waals surface area contributed by atoms with Crippen LogP contribution in [-0.4, -0.2) is 55.5 Å². The number of carbonyl (C=O) groups is 3. The first-order valence-electron chi connectivity index (χ1n) is 9.69. The highest BCUT2D eigenvalue weighted by Crippen LogP contribution is 2.23. The smallest absolute Gasteiger partial charge is 0.331 e. The predicted octanol–water partition coefficient (Wildman–Crippen LogP) is 3.19. The molecule has 28 heavy (non-hydrogen) atoms. The monoisotopic (exact) mass is 409 g/mol. The quantitative estimate of drug-likeness (QED) is 0.391. The Bertz CT molecular complexity index is 679. The molecule has 0 radical (unpaired) electrons. The second kappa shape index (κ2) is 11.8. The Balaban J connectivity index is 1.68. The lowest BCUT2D eigenvalue weighted by molar-refractivity contribution is -0.145. The molecule has 1 unspecified atom stereocenters. The van der Waals surface area contributed by atoms with Crippen LogP contribution in [0.1, 0.15) is 44.1 Å². The summed E-state index contributed by atoms with van der Waals surface area (Å²) >= 11 is 5.96. The average Bonchev–Trinajstić information content (AvgIpc) is 3.02. The standard InChI is InChI=1S/C21H28ClNO5/c1-27-21(26)15-28-12-3-2-11-23-18(8-10-20(23)25)7-9-19(24)14-16-5-4-6-17(22)13-16/h4-6,13,18H,2-3,7-12,14-15H2,1H3. The average molecular weight is 410 g/mol. The minimum Gasteiger partial charge on any atom is -0.467 e. The van der Waals surface area contributed by atoms with Gasteiger partial charge in [-0.05, 0) is 43.4 Å². The minimum absolute atomic E-state index is 0.0451. The van der Waals surface area contributed by atoms with Crippen molar-refractivity contribution in [2.45, 2.75) is 51.0 Å². The second-order valence-electron chi connectivity index (χ2n) is 7.00. The number of halogens is 1. The van der Waals surface area contributed by atoms with Crippen LogP contribution >= 0.6 is 11.6 Å². The zero-order valence-electron chi connectivity index (χ0n) is 16.3. The number of likely N-dealkylation sites (tertiary alicyclic amines) is 1. The van der Waals surface area contributed by atoms with Crippen LogP contribution in [0.2, 0.25) is 5.02 Å². The van der Waals surface area contributed by atoms with E-state index in [4.69, 9.17) is 16.3 Å². The van der Waals surface area contributed by atoms with Crippen LogP contribution in [-0.2, 0) is 30.3 Å². The Morgan fingerprint density at radius 2 is 2.11 bits per heavy atom.